The third kappa shape index (κ3) is 1.76. The van der Waals surface area contributed by atoms with Crippen molar-refractivity contribution in [2.24, 2.45) is 0 Å². The van der Waals surface area contributed by atoms with E-state index in [1.165, 1.54) is 10.9 Å². The summed E-state index contributed by atoms with van der Waals surface area (Å²) in [5, 5.41) is 9.75. The Balaban J connectivity index is 2.26. The Labute approximate surface area is 105 Å². The highest BCUT2D eigenvalue weighted by molar-refractivity contribution is 5.90. The Bertz CT molecular complexity index is 659. The summed E-state index contributed by atoms with van der Waals surface area (Å²) in [7, 11) is 1.94. The van der Waals surface area contributed by atoms with E-state index >= 15 is 0 Å². The summed E-state index contributed by atoms with van der Waals surface area (Å²) in [6.07, 6.45) is 5.58. The van der Waals surface area contributed by atoms with Crippen LogP contribution < -0.4 is 5.32 Å². The van der Waals surface area contributed by atoms with Crippen molar-refractivity contribution in [1.29, 1.82) is 0 Å². The minimum absolute atomic E-state index is 0.812. The predicted octanol–water partition coefficient (Wildman–Crippen LogP) is 2.14. The molecule has 0 saturated heterocycles. The van der Waals surface area contributed by atoms with Gasteiger partial charge in [-0.25, -0.2) is 9.67 Å². The number of pyridine rings is 1. The van der Waals surface area contributed by atoms with E-state index < -0.39 is 0 Å². The summed E-state index contributed by atoms with van der Waals surface area (Å²) in [6.45, 7) is 0.812. The van der Waals surface area contributed by atoms with Gasteiger partial charge in [-0.15, -0.1) is 0 Å². The molecule has 2 aromatic heterocycles. The van der Waals surface area contributed by atoms with Gasteiger partial charge in [0, 0.05) is 30.5 Å². The number of benzene rings is 1. The highest BCUT2D eigenvalue weighted by atomic mass is 15.3. The first-order valence-corrected chi connectivity index (χ1v) is 5.91. The van der Waals surface area contributed by atoms with Gasteiger partial charge in [-0.3, -0.25) is 0 Å². The number of aromatic nitrogens is 3. The van der Waals surface area contributed by atoms with Crippen LogP contribution in [0.2, 0.25) is 0 Å². The number of hydrogen-bond donors (Lipinski definition) is 1. The monoisotopic (exact) mass is 238 g/mol. The molecule has 0 aliphatic carbocycles. The lowest BCUT2D eigenvalue weighted by atomic mass is 10.1. The first-order valence-electron chi connectivity index (χ1n) is 5.91. The van der Waals surface area contributed by atoms with Crippen LogP contribution in [-0.4, -0.2) is 21.8 Å². The first kappa shape index (κ1) is 10.9. The molecule has 0 radical (unpaired) electrons. The lowest BCUT2D eigenvalue weighted by Crippen LogP contribution is -2.07. The van der Waals surface area contributed by atoms with E-state index in [0.29, 0.717) is 0 Å². The van der Waals surface area contributed by atoms with Crippen molar-refractivity contribution in [3.8, 4) is 5.82 Å². The second kappa shape index (κ2) is 4.58. The van der Waals surface area contributed by atoms with E-state index in [-0.39, 0.29) is 0 Å². The first-order chi connectivity index (χ1) is 8.90. The highest BCUT2D eigenvalue weighted by Gasteiger charge is 2.08. The predicted molar refractivity (Wildman–Crippen MR) is 71.6 cm³/mol. The number of nitrogens with zero attached hydrogens (tertiary/aromatic N) is 3. The molecule has 0 spiro atoms. The molecular weight excluding hydrogens is 224 g/mol. The quantitative estimate of drug-likeness (QED) is 0.760. The van der Waals surface area contributed by atoms with Crippen LogP contribution in [0.3, 0.4) is 0 Å². The zero-order chi connectivity index (χ0) is 12.4. The van der Waals surface area contributed by atoms with Gasteiger partial charge in [-0.1, -0.05) is 24.3 Å². The number of hydrogen-bond acceptors (Lipinski definition) is 3. The van der Waals surface area contributed by atoms with E-state index in [2.05, 4.69) is 27.5 Å². The van der Waals surface area contributed by atoms with Crippen LogP contribution in [0.1, 0.15) is 5.56 Å². The van der Waals surface area contributed by atoms with Crippen molar-refractivity contribution < 1.29 is 0 Å². The second-order valence-electron chi connectivity index (χ2n) is 4.13. The normalized spacial score (nSPS) is 10.9. The molecule has 0 aliphatic rings. The van der Waals surface area contributed by atoms with Crippen molar-refractivity contribution in [2.75, 3.05) is 7.05 Å². The molecule has 4 nitrogen and oxygen atoms in total. The Morgan fingerprint density at radius 2 is 2.00 bits per heavy atom. The average molecular weight is 238 g/mol. The fraction of sp³-hybridized carbons (Fsp3) is 0.143. The molecule has 0 fully saturated rings. The summed E-state index contributed by atoms with van der Waals surface area (Å²) < 4.78 is 1.80. The largest absolute Gasteiger partial charge is 0.316 e. The van der Waals surface area contributed by atoms with Crippen LogP contribution in [-0.2, 0) is 6.54 Å². The van der Waals surface area contributed by atoms with Crippen LogP contribution in [0.5, 0.6) is 0 Å². The van der Waals surface area contributed by atoms with Crippen molar-refractivity contribution in [1.82, 2.24) is 20.1 Å². The maximum atomic E-state index is 4.53. The summed E-state index contributed by atoms with van der Waals surface area (Å²) in [5.41, 5.74) is 1.20. The number of nitrogens with one attached hydrogen (secondary N) is 1. The third-order valence-electron chi connectivity index (χ3n) is 2.95. The topological polar surface area (TPSA) is 42.7 Å². The lowest BCUT2D eigenvalue weighted by Gasteiger charge is -2.09. The molecule has 0 aliphatic heterocycles. The fourth-order valence-corrected chi connectivity index (χ4v) is 2.14. The Kier molecular flexibility index (Phi) is 2.78. The molecule has 0 saturated carbocycles. The SMILES string of the molecule is CNCc1cnc(-n2cccn2)c2ccccc12. The molecule has 0 bridgehead atoms. The van der Waals surface area contributed by atoms with Gasteiger partial charge in [0.1, 0.15) is 0 Å². The van der Waals surface area contributed by atoms with Crippen LogP contribution in [0.4, 0.5) is 0 Å². The Hall–Kier alpha value is -2.20. The van der Waals surface area contributed by atoms with Crippen molar-refractivity contribution in [3.05, 3.63) is 54.5 Å². The Morgan fingerprint density at radius 1 is 1.17 bits per heavy atom. The second-order valence-corrected chi connectivity index (χ2v) is 4.13. The molecule has 0 unspecified atom stereocenters. The Morgan fingerprint density at radius 3 is 2.72 bits per heavy atom. The van der Waals surface area contributed by atoms with Crippen LogP contribution in [0.25, 0.3) is 16.6 Å². The van der Waals surface area contributed by atoms with Gasteiger partial charge in [0.05, 0.1) is 0 Å². The molecule has 3 rings (SSSR count). The van der Waals surface area contributed by atoms with Crippen LogP contribution in [0, 0.1) is 0 Å². The molecule has 0 amide bonds. The fourth-order valence-electron chi connectivity index (χ4n) is 2.14. The summed E-state index contributed by atoms with van der Waals surface area (Å²) in [4.78, 5) is 4.53. The van der Waals surface area contributed by atoms with Gasteiger partial charge >= 0.3 is 0 Å². The molecule has 3 aromatic rings. The lowest BCUT2D eigenvalue weighted by molar-refractivity contribution is 0.811. The minimum Gasteiger partial charge on any atom is -0.316 e. The van der Waals surface area contributed by atoms with Gasteiger partial charge < -0.3 is 5.32 Å². The van der Waals surface area contributed by atoms with Gasteiger partial charge in [0.15, 0.2) is 5.82 Å². The van der Waals surface area contributed by atoms with Crippen molar-refractivity contribution in [3.63, 3.8) is 0 Å². The van der Waals surface area contributed by atoms with E-state index in [9.17, 15) is 0 Å². The molecule has 90 valence electrons. The molecule has 1 aromatic carbocycles. The van der Waals surface area contributed by atoms with Gasteiger partial charge in [-0.2, -0.15) is 5.10 Å². The maximum absolute atomic E-state index is 4.53. The molecule has 1 N–H and O–H groups in total. The zero-order valence-electron chi connectivity index (χ0n) is 10.2. The van der Waals surface area contributed by atoms with Crippen LogP contribution >= 0.6 is 0 Å². The van der Waals surface area contributed by atoms with E-state index in [0.717, 1.165) is 17.7 Å². The van der Waals surface area contributed by atoms with Gasteiger partial charge in [-0.05, 0) is 24.1 Å². The van der Waals surface area contributed by atoms with E-state index in [4.69, 9.17) is 0 Å². The number of fused-ring (bicyclic) bond motifs is 1. The van der Waals surface area contributed by atoms with Crippen molar-refractivity contribution >= 4 is 10.8 Å². The smallest absolute Gasteiger partial charge is 0.161 e. The van der Waals surface area contributed by atoms with Gasteiger partial charge in [0.25, 0.3) is 0 Å². The van der Waals surface area contributed by atoms with Crippen molar-refractivity contribution in [2.45, 2.75) is 6.54 Å². The molecule has 2 heterocycles. The highest BCUT2D eigenvalue weighted by Crippen LogP contribution is 2.22. The zero-order valence-corrected chi connectivity index (χ0v) is 10.2. The van der Waals surface area contributed by atoms with E-state index in [1.807, 2.05) is 37.6 Å². The third-order valence-corrected chi connectivity index (χ3v) is 2.95. The summed E-state index contributed by atoms with van der Waals surface area (Å²) >= 11 is 0. The summed E-state index contributed by atoms with van der Waals surface area (Å²) in [5.74, 6) is 0.871. The maximum Gasteiger partial charge on any atom is 0.161 e. The summed E-state index contributed by atoms with van der Waals surface area (Å²) in [6, 6.07) is 10.2. The average Bonchev–Trinajstić information content (AvgIpc) is 2.93. The van der Waals surface area contributed by atoms with Gasteiger partial charge in [0.2, 0.25) is 0 Å². The minimum atomic E-state index is 0.812. The standard InChI is InChI=1S/C14H14N4/c1-15-9-11-10-16-14(18-8-4-7-17-18)13-6-3-2-5-12(11)13/h2-8,10,15H,9H2,1H3. The van der Waals surface area contributed by atoms with Crippen LogP contribution in [0.15, 0.2) is 48.9 Å². The molecule has 0 atom stereocenters. The van der Waals surface area contributed by atoms with E-state index in [1.54, 1.807) is 10.9 Å². The number of rotatable bonds is 3. The molecule has 18 heavy (non-hydrogen) atoms. The molecular formula is C14H14N4. The molecule has 4 heteroatoms.